The topological polar surface area (TPSA) is 20.2 Å². The van der Waals surface area contributed by atoms with Crippen molar-refractivity contribution in [3.05, 3.63) is 23.0 Å². The average molecular weight is 166 g/mol. The van der Waals surface area contributed by atoms with Gasteiger partial charge in [0, 0.05) is 0 Å². The first-order valence-electron chi connectivity index (χ1n) is 4.62. The van der Waals surface area contributed by atoms with Crippen molar-refractivity contribution in [3.63, 3.8) is 0 Å². The Kier molecular flexibility index (Phi) is 2.61. The maximum absolute atomic E-state index is 9.57. The fourth-order valence-corrected chi connectivity index (χ4v) is 1.51. The molecule has 12 heavy (non-hydrogen) atoms. The molecule has 1 aliphatic carbocycles. The lowest BCUT2D eigenvalue weighted by Gasteiger charge is -2.23. The Balaban J connectivity index is 2.91. The monoisotopic (exact) mass is 166 g/mol. The van der Waals surface area contributed by atoms with Crippen LogP contribution in [0.5, 0.6) is 0 Å². The summed E-state index contributed by atoms with van der Waals surface area (Å²) in [5.74, 6) is 1.55. The average Bonchev–Trinajstić information content (AvgIpc) is 1.99. The van der Waals surface area contributed by atoms with Gasteiger partial charge in [0.2, 0.25) is 0 Å². The number of allylic oxidation sites excluding steroid dienone is 3. The van der Waals surface area contributed by atoms with E-state index in [0.29, 0.717) is 17.6 Å². The van der Waals surface area contributed by atoms with Gasteiger partial charge < -0.3 is 5.11 Å². The van der Waals surface area contributed by atoms with E-state index >= 15 is 0 Å². The molecule has 0 amide bonds. The van der Waals surface area contributed by atoms with E-state index in [9.17, 15) is 5.11 Å². The maximum atomic E-state index is 9.57. The van der Waals surface area contributed by atoms with Gasteiger partial charge in [0.25, 0.3) is 0 Å². The molecule has 0 saturated heterocycles. The molecule has 68 valence electrons. The lowest BCUT2D eigenvalue weighted by molar-refractivity contribution is 0.401. The predicted octanol–water partition coefficient (Wildman–Crippen LogP) is 3.44. The molecule has 1 heteroatoms. The molecule has 0 saturated carbocycles. The Morgan fingerprint density at radius 2 is 2.08 bits per heavy atom. The molecule has 0 aliphatic heterocycles. The first-order valence-corrected chi connectivity index (χ1v) is 4.62. The van der Waals surface area contributed by atoms with E-state index in [-0.39, 0.29) is 0 Å². The van der Waals surface area contributed by atoms with Gasteiger partial charge in [-0.2, -0.15) is 0 Å². The quantitative estimate of drug-likeness (QED) is 0.632. The maximum Gasteiger partial charge on any atom is 0.114 e. The Bertz CT molecular complexity index is 233. The van der Waals surface area contributed by atoms with Crippen molar-refractivity contribution in [1.82, 2.24) is 0 Å². The van der Waals surface area contributed by atoms with Crippen molar-refractivity contribution in [1.29, 1.82) is 0 Å². The largest absolute Gasteiger partial charge is 0.508 e. The molecule has 0 bridgehead atoms. The summed E-state index contributed by atoms with van der Waals surface area (Å²) in [4.78, 5) is 0. The van der Waals surface area contributed by atoms with Crippen LogP contribution in [0.25, 0.3) is 0 Å². The van der Waals surface area contributed by atoms with Gasteiger partial charge in [0.15, 0.2) is 0 Å². The zero-order valence-corrected chi connectivity index (χ0v) is 8.39. The Labute approximate surface area is 74.8 Å². The van der Waals surface area contributed by atoms with Crippen LogP contribution in [0.2, 0.25) is 0 Å². The summed E-state index contributed by atoms with van der Waals surface area (Å²) in [5.41, 5.74) is 2.49. The number of aliphatic hydroxyl groups excluding tert-OH is 1. The minimum absolute atomic E-state index is 0.484. The zero-order valence-electron chi connectivity index (χ0n) is 8.39. The van der Waals surface area contributed by atoms with Crippen molar-refractivity contribution in [3.8, 4) is 0 Å². The van der Waals surface area contributed by atoms with Crippen LogP contribution < -0.4 is 0 Å². The number of rotatable bonds is 1. The summed E-state index contributed by atoms with van der Waals surface area (Å²) < 4.78 is 0. The summed E-state index contributed by atoms with van der Waals surface area (Å²) in [5, 5.41) is 9.57. The van der Waals surface area contributed by atoms with E-state index < -0.39 is 0 Å². The Morgan fingerprint density at radius 3 is 2.50 bits per heavy atom. The third-order valence-corrected chi connectivity index (χ3v) is 2.75. The van der Waals surface area contributed by atoms with Crippen LogP contribution in [0.4, 0.5) is 0 Å². The molecule has 1 rings (SSSR count). The number of hydrogen-bond donors (Lipinski definition) is 1. The van der Waals surface area contributed by atoms with Crippen molar-refractivity contribution in [2.75, 3.05) is 0 Å². The second-order valence-corrected chi connectivity index (χ2v) is 4.05. The molecular weight excluding hydrogens is 148 g/mol. The summed E-state index contributed by atoms with van der Waals surface area (Å²) in [7, 11) is 0. The first kappa shape index (κ1) is 9.37. The normalized spacial score (nSPS) is 24.8. The highest BCUT2D eigenvalue weighted by atomic mass is 16.3. The molecule has 1 N–H and O–H groups in total. The van der Waals surface area contributed by atoms with Gasteiger partial charge in [-0.15, -0.1) is 0 Å². The van der Waals surface area contributed by atoms with Crippen molar-refractivity contribution < 1.29 is 5.11 Å². The molecule has 1 unspecified atom stereocenters. The van der Waals surface area contributed by atoms with E-state index in [1.807, 2.05) is 13.0 Å². The Morgan fingerprint density at radius 1 is 1.50 bits per heavy atom. The van der Waals surface area contributed by atoms with E-state index in [1.165, 1.54) is 5.57 Å². The van der Waals surface area contributed by atoms with Crippen LogP contribution in [-0.4, -0.2) is 5.11 Å². The molecule has 0 fully saturated rings. The lowest BCUT2D eigenvalue weighted by Crippen LogP contribution is -2.10. The van der Waals surface area contributed by atoms with E-state index in [2.05, 4.69) is 20.8 Å². The third-order valence-electron chi connectivity index (χ3n) is 2.75. The first-order chi connectivity index (χ1) is 5.52. The SMILES string of the molecule is CC1=C(O)C=C(C(C)C)CC1C. The predicted molar refractivity (Wildman–Crippen MR) is 52.0 cm³/mol. The van der Waals surface area contributed by atoms with Crippen LogP contribution >= 0.6 is 0 Å². The molecule has 0 aromatic heterocycles. The van der Waals surface area contributed by atoms with Crippen molar-refractivity contribution in [2.24, 2.45) is 11.8 Å². The van der Waals surface area contributed by atoms with Crippen LogP contribution in [0.15, 0.2) is 23.0 Å². The van der Waals surface area contributed by atoms with Gasteiger partial charge in [-0.25, -0.2) is 0 Å². The second kappa shape index (κ2) is 3.34. The molecule has 1 nitrogen and oxygen atoms in total. The third kappa shape index (κ3) is 1.71. The summed E-state index contributed by atoms with van der Waals surface area (Å²) in [6.07, 6.45) is 3.04. The molecule has 1 aliphatic rings. The fraction of sp³-hybridized carbons (Fsp3) is 0.636. The standard InChI is InChI=1S/C11H18O/c1-7(2)10-5-8(3)9(4)11(12)6-10/h6-8,12H,5H2,1-4H3. The van der Waals surface area contributed by atoms with E-state index in [0.717, 1.165) is 12.0 Å². The molecule has 0 spiro atoms. The molecular formula is C11H18O. The van der Waals surface area contributed by atoms with Gasteiger partial charge >= 0.3 is 0 Å². The lowest BCUT2D eigenvalue weighted by atomic mass is 9.84. The fourth-order valence-electron chi connectivity index (χ4n) is 1.51. The van der Waals surface area contributed by atoms with Crippen molar-refractivity contribution >= 4 is 0 Å². The smallest absolute Gasteiger partial charge is 0.114 e. The van der Waals surface area contributed by atoms with Crippen LogP contribution in [0, 0.1) is 11.8 Å². The van der Waals surface area contributed by atoms with Crippen LogP contribution in [0.1, 0.15) is 34.1 Å². The van der Waals surface area contributed by atoms with Gasteiger partial charge in [-0.1, -0.05) is 26.3 Å². The summed E-state index contributed by atoms with van der Waals surface area (Å²) in [6.45, 7) is 8.52. The van der Waals surface area contributed by atoms with E-state index in [4.69, 9.17) is 0 Å². The highest BCUT2D eigenvalue weighted by molar-refractivity contribution is 5.30. The van der Waals surface area contributed by atoms with Gasteiger partial charge in [-0.3, -0.25) is 0 Å². The minimum Gasteiger partial charge on any atom is -0.508 e. The number of hydrogen-bond acceptors (Lipinski definition) is 1. The van der Waals surface area contributed by atoms with Gasteiger partial charge in [-0.05, 0) is 36.8 Å². The van der Waals surface area contributed by atoms with Crippen LogP contribution in [0.3, 0.4) is 0 Å². The Hall–Kier alpha value is -0.720. The molecule has 0 radical (unpaired) electrons. The van der Waals surface area contributed by atoms with Gasteiger partial charge in [0.1, 0.15) is 5.76 Å². The van der Waals surface area contributed by atoms with E-state index in [1.54, 1.807) is 0 Å². The van der Waals surface area contributed by atoms with Gasteiger partial charge in [0.05, 0.1) is 0 Å². The molecule has 0 aromatic carbocycles. The molecule has 0 aromatic rings. The minimum atomic E-state index is 0.484. The number of aliphatic hydroxyl groups is 1. The zero-order chi connectivity index (χ0) is 9.30. The summed E-state index contributed by atoms with van der Waals surface area (Å²) in [6, 6.07) is 0. The van der Waals surface area contributed by atoms with Crippen LogP contribution in [-0.2, 0) is 0 Å². The highest BCUT2D eigenvalue weighted by Gasteiger charge is 2.18. The van der Waals surface area contributed by atoms with Crippen molar-refractivity contribution in [2.45, 2.75) is 34.1 Å². The molecule has 1 atom stereocenters. The summed E-state index contributed by atoms with van der Waals surface area (Å²) >= 11 is 0. The highest BCUT2D eigenvalue weighted by Crippen LogP contribution is 2.31. The molecule has 0 heterocycles. The second-order valence-electron chi connectivity index (χ2n) is 4.05.